The van der Waals surface area contributed by atoms with Gasteiger partial charge in [-0.3, -0.25) is 4.79 Å². The van der Waals surface area contributed by atoms with Crippen molar-refractivity contribution in [2.24, 2.45) is 0 Å². The van der Waals surface area contributed by atoms with Crippen LogP contribution in [0.2, 0.25) is 0 Å². The first-order chi connectivity index (χ1) is 14.7. The van der Waals surface area contributed by atoms with Crippen LogP contribution in [-0.4, -0.2) is 58.1 Å². The molecule has 2 aromatic heterocycles. The highest BCUT2D eigenvalue weighted by Gasteiger charge is 2.20. The maximum absolute atomic E-state index is 12.6. The van der Waals surface area contributed by atoms with Gasteiger partial charge in [0, 0.05) is 37.7 Å². The number of benzene rings is 1. The van der Waals surface area contributed by atoms with Crippen molar-refractivity contribution in [3.63, 3.8) is 0 Å². The van der Waals surface area contributed by atoms with Crippen LogP contribution < -0.4 is 4.74 Å². The zero-order valence-electron chi connectivity index (χ0n) is 17.4. The summed E-state index contributed by atoms with van der Waals surface area (Å²) in [6, 6.07) is 12.0. The Hall–Kier alpha value is -3.06. The summed E-state index contributed by atoms with van der Waals surface area (Å²) in [7, 11) is 0. The fourth-order valence-corrected chi connectivity index (χ4v) is 3.54. The fraction of sp³-hybridized carbons (Fsp3) is 0.391. The summed E-state index contributed by atoms with van der Waals surface area (Å²) in [5, 5.41) is 4.34. The summed E-state index contributed by atoms with van der Waals surface area (Å²) in [6.45, 7) is 6.27. The van der Waals surface area contributed by atoms with Crippen molar-refractivity contribution in [3.05, 3.63) is 66.2 Å². The van der Waals surface area contributed by atoms with Gasteiger partial charge in [0.15, 0.2) is 0 Å². The average molecular weight is 409 g/mol. The lowest BCUT2D eigenvalue weighted by atomic mass is 10.2. The van der Waals surface area contributed by atoms with Crippen LogP contribution in [0.25, 0.3) is 5.69 Å². The molecule has 0 bridgehead atoms. The van der Waals surface area contributed by atoms with Crippen molar-refractivity contribution in [3.8, 4) is 11.4 Å². The van der Waals surface area contributed by atoms with E-state index < -0.39 is 0 Å². The summed E-state index contributed by atoms with van der Waals surface area (Å²) in [5.41, 5.74) is 2.78. The molecule has 1 fully saturated rings. The molecule has 0 saturated carbocycles. The van der Waals surface area contributed by atoms with Gasteiger partial charge in [-0.1, -0.05) is 0 Å². The SMILES string of the molecule is Cc1cccn1CCCCOc1ccc(-n2cc(C(=O)N3CCOCC3)cn2)cc1. The molecule has 1 aliphatic rings. The van der Waals surface area contributed by atoms with Gasteiger partial charge in [-0.05, 0) is 56.2 Å². The molecule has 0 atom stereocenters. The van der Waals surface area contributed by atoms with Gasteiger partial charge in [0.25, 0.3) is 5.91 Å². The van der Waals surface area contributed by atoms with Crippen molar-refractivity contribution in [2.75, 3.05) is 32.9 Å². The number of amides is 1. The van der Waals surface area contributed by atoms with Gasteiger partial charge in [0.05, 0.1) is 37.3 Å². The van der Waals surface area contributed by atoms with E-state index in [4.69, 9.17) is 9.47 Å². The summed E-state index contributed by atoms with van der Waals surface area (Å²) < 4.78 is 15.1. The molecule has 3 heterocycles. The van der Waals surface area contributed by atoms with Crippen molar-refractivity contribution in [1.29, 1.82) is 0 Å². The second-order valence-electron chi connectivity index (χ2n) is 7.47. The Balaban J connectivity index is 1.26. The zero-order chi connectivity index (χ0) is 20.8. The Kier molecular flexibility index (Phi) is 6.49. The molecular formula is C23H28N4O3. The molecule has 158 valence electrons. The Morgan fingerprint density at radius 3 is 2.67 bits per heavy atom. The van der Waals surface area contributed by atoms with Crippen LogP contribution >= 0.6 is 0 Å². The van der Waals surface area contributed by atoms with Gasteiger partial charge < -0.3 is 18.9 Å². The van der Waals surface area contributed by atoms with Crippen molar-refractivity contribution in [1.82, 2.24) is 19.2 Å². The Bertz CT molecular complexity index is 955. The second-order valence-corrected chi connectivity index (χ2v) is 7.47. The highest BCUT2D eigenvalue weighted by atomic mass is 16.5. The third-order valence-electron chi connectivity index (χ3n) is 5.35. The molecule has 1 aliphatic heterocycles. The maximum atomic E-state index is 12.6. The predicted octanol–water partition coefficient (Wildman–Crippen LogP) is 3.31. The highest BCUT2D eigenvalue weighted by Crippen LogP contribution is 2.17. The Morgan fingerprint density at radius 1 is 1.13 bits per heavy atom. The number of carbonyl (C=O) groups excluding carboxylic acids is 1. The standard InChI is InChI=1S/C23H28N4O3/c1-19-5-4-11-25(19)10-2-3-14-30-22-8-6-21(7-9-22)27-18-20(17-24-27)23(28)26-12-15-29-16-13-26/h4-9,11,17-18H,2-3,10,12-16H2,1H3. The van der Waals surface area contributed by atoms with E-state index in [2.05, 4.69) is 34.9 Å². The van der Waals surface area contributed by atoms with E-state index in [1.807, 2.05) is 24.3 Å². The van der Waals surface area contributed by atoms with Gasteiger partial charge >= 0.3 is 0 Å². The first-order valence-corrected chi connectivity index (χ1v) is 10.5. The van der Waals surface area contributed by atoms with Gasteiger partial charge in [-0.2, -0.15) is 5.10 Å². The molecule has 1 saturated heterocycles. The van der Waals surface area contributed by atoms with Gasteiger partial charge in [0.1, 0.15) is 5.75 Å². The molecule has 7 nitrogen and oxygen atoms in total. The first kappa shape index (κ1) is 20.2. The average Bonchev–Trinajstić information content (AvgIpc) is 3.44. The maximum Gasteiger partial charge on any atom is 0.257 e. The Morgan fingerprint density at radius 2 is 1.93 bits per heavy atom. The van der Waals surface area contributed by atoms with E-state index in [0.29, 0.717) is 38.5 Å². The molecule has 0 spiro atoms. The summed E-state index contributed by atoms with van der Waals surface area (Å²) in [5.74, 6) is 0.840. The predicted molar refractivity (Wildman–Crippen MR) is 114 cm³/mol. The number of unbranched alkanes of at least 4 members (excludes halogenated alkanes) is 1. The van der Waals surface area contributed by atoms with Gasteiger partial charge in [-0.15, -0.1) is 0 Å². The quantitative estimate of drug-likeness (QED) is 0.537. The minimum atomic E-state index is -0.000362. The number of morpholine rings is 1. The summed E-state index contributed by atoms with van der Waals surface area (Å²) in [6.07, 6.45) is 7.60. The fourth-order valence-electron chi connectivity index (χ4n) is 3.54. The van der Waals surface area contributed by atoms with Gasteiger partial charge in [-0.25, -0.2) is 4.68 Å². The van der Waals surface area contributed by atoms with E-state index in [0.717, 1.165) is 30.8 Å². The molecule has 0 unspecified atom stereocenters. The second kappa shape index (κ2) is 9.63. The normalized spacial score (nSPS) is 14.1. The minimum absolute atomic E-state index is 0.000362. The third kappa shape index (κ3) is 4.91. The molecule has 1 aromatic carbocycles. The van der Waals surface area contributed by atoms with Crippen LogP contribution in [0.15, 0.2) is 55.0 Å². The number of carbonyl (C=O) groups is 1. The lowest BCUT2D eigenvalue weighted by molar-refractivity contribution is 0.0303. The van der Waals surface area contributed by atoms with E-state index in [1.165, 1.54) is 5.69 Å². The van der Waals surface area contributed by atoms with Gasteiger partial charge in [0.2, 0.25) is 0 Å². The van der Waals surface area contributed by atoms with Crippen LogP contribution in [0.3, 0.4) is 0 Å². The molecule has 3 aromatic rings. The molecule has 30 heavy (non-hydrogen) atoms. The smallest absolute Gasteiger partial charge is 0.257 e. The molecular weight excluding hydrogens is 380 g/mol. The topological polar surface area (TPSA) is 61.5 Å². The van der Waals surface area contributed by atoms with Crippen LogP contribution in [0.4, 0.5) is 0 Å². The zero-order valence-corrected chi connectivity index (χ0v) is 17.4. The van der Waals surface area contributed by atoms with Crippen molar-refractivity contribution < 1.29 is 14.3 Å². The van der Waals surface area contributed by atoms with E-state index in [1.54, 1.807) is 22.0 Å². The largest absolute Gasteiger partial charge is 0.494 e. The van der Waals surface area contributed by atoms with Crippen molar-refractivity contribution >= 4 is 5.91 Å². The van der Waals surface area contributed by atoms with E-state index >= 15 is 0 Å². The molecule has 0 radical (unpaired) electrons. The Labute approximate surface area is 176 Å². The minimum Gasteiger partial charge on any atom is -0.494 e. The number of nitrogens with zero attached hydrogens (tertiary/aromatic N) is 4. The van der Waals surface area contributed by atoms with E-state index in [9.17, 15) is 4.79 Å². The highest BCUT2D eigenvalue weighted by molar-refractivity contribution is 5.93. The number of hydrogen-bond donors (Lipinski definition) is 0. The van der Waals surface area contributed by atoms with Crippen LogP contribution in [-0.2, 0) is 11.3 Å². The number of hydrogen-bond acceptors (Lipinski definition) is 4. The summed E-state index contributed by atoms with van der Waals surface area (Å²) in [4.78, 5) is 14.4. The van der Waals surface area contributed by atoms with Crippen molar-refractivity contribution in [2.45, 2.75) is 26.3 Å². The number of aromatic nitrogens is 3. The van der Waals surface area contributed by atoms with Crippen LogP contribution in [0, 0.1) is 6.92 Å². The molecule has 4 rings (SSSR count). The lowest BCUT2D eigenvalue weighted by Gasteiger charge is -2.26. The van der Waals surface area contributed by atoms with Crippen LogP contribution in [0.1, 0.15) is 28.9 Å². The number of ether oxygens (including phenoxy) is 2. The monoisotopic (exact) mass is 408 g/mol. The molecule has 7 heteroatoms. The summed E-state index contributed by atoms with van der Waals surface area (Å²) >= 11 is 0. The first-order valence-electron chi connectivity index (χ1n) is 10.5. The number of rotatable bonds is 8. The molecule has 0 aliphatic carbocycles. The third-order valence-corrected chi connectivity index (χ3v) is 5.35. The van der Waals surface area contributed by atoms with E-state index in [-0.39, 0.29) is 5.91 Å². The molecule has 1 amide bonds. The lowest BCUT2D eigenvalue weighted by Crippen LogP contribution is -2.40. The van der Waals surface area contributed by atoms with Crippen LogP contribution in [0.5, 0.6) is 5.75 Å². The molecule has 0 N–H and O–H groups in total. The number of aryl methyl sites for hydroxylation is 2.